The van der Waals surface area contributed by atoms with Crippen LogP contribution in [0.1, 0.15) is 120 Å². The van der Waals surface area contributed by atoms with Crippen LogP contribution in [0.25, 0.3) is 0 Å². The smallest absolute Gasteiger partial charge is 0.444 e. The second-order valence-electron chi connectivity index (χ2n) is 18.0. The quantitative estimate of drug-likeness (QED) is 0.113. The van der Waals surface area contributed by atoms with Crippen LogP contribution in [0.4, 0.5) is 13.2 Å². The molecule has 0 radical (unpaired) electrons. The molecule has 0 spiro atoms. The van der Waals surface area contributed by atoms with Gasteiger partial charge in [-0.25, -0.2) is 0 Å². The molecule has 65 heavy (non-hydrogen) atoms. The number of ether oxygens (including phenoxy) is 2. The Labute approximate surface area is 386 Å². The van der Waals surface area contributed by atoms with Crippen LogP contribution in [0, 0.1) is 5.92 Å². The van der Waals surface area contributed by atoms with E-state index in [4.69, 9.17) is 21.1 Å². The predicted molar refractivity (Wildman–Crippen MR) is 243 cm³/mol. The van der Waals surface area contributed by atoms with Crippen LogP contribution in [0.5, 0.6) is 0 Å². The fourth-order valence-electron chi connectivity index (χ4n) is 9.45. The second-order valence-corrected chi connectivity index (χ2v) is 18.4. The maximum atomic E-state index is 14.8. The average Bonchev–Trinajstić information content (AvgIpc) is 3.86. The zero-order valence-corrected chi connectivity index (χ0v) is 39.2. The predicted octanol–water partition coefficient (Wildman–Crippen LogP) is 8.80. The van der Waals surface area contributed by atoms with E-state index >= 15 is 0 Å². The van der Waals surface area contributed by atoms with Gasteiger partial charge in [-0.05, 0) is 56.1 Å². The third-order valence-electron chi connectivity index (χ3n) is 13.1. The fourth-order valence-corrected chi connectivity index (χ4v) is 9.72. The van der Waals surface area contributed by atoms with Crippen LogP contribution in [0.2, 0.25) is 5.02 Å². The summed E-state index contributed by atoms with van der Waals surface area (Å²) in [5, 5.41) is 3.06. The van der Waals surface area contributed by atoms with E-state index in [-0.39, 0.29) is 4.90 Å². The Hall–Kier alpha value is -4.95. The van der Waals surface area contributed by atoms with Crippen LogP contribution in [-0.4, -0.2) is 109 Å². The number of likely N-dealkylation sites (N-methyl/N-ethyl adjacent to an activating group) is 2. The molecule has 354 valence electrons. The Morgan fingerprint density at radius 2 is 1.34 bits per heavy atom. The second kappa shape index (κ2) is 22.5. The minimum Gasteiger partial charge on any atom is -0.444 e. The van der Waals surface area contributed by atoms with Crippen LogP contribution >= 0.6 is 11.6 Å². The van der Waals surface area contributed by atoms with Gasteiger partial charge in [0.25, 0.3) is 5.91 Å². The molecule has 1 N–H and O–H groups in total. The molecular formula is C50H64ClF3N4O7. The highest BCUT2D eigenvalue weighted by molar-refractivity contribution is 6.31. The standard InChI is InChI=1S/C50H64ClF3N4O7/c1-34(2)43(56(4)46(62)48(3,33-64-6)57(5)47(63)50(52,53)54)44(60)55-41(45(61)58-30-18-19-31-58)32-42(59)65-49(37-22-14-11-15-23-37,39-24-16-17-25-40(39)51)38-28-26-36(27-29-38)35-20-12-9-7-8-10-13-21-35/h11,14-17,22-29,34-35,41,43H,7-10,12-13,18-21,30-33H2,1-6H3,(H,55,60)/t41-,43-,48-,49?/m0/s1. The molecule has 3 aromatic carbocycles. The van der Waals surface area contributed by atoms with Crippen molar-refractivity contribution in [1.82, 2.24) is 20.0 Å². The summed E-state index contributed by atoms with van der Waals surface area (Å²) in [6.45, 7) is 4.53. The number of amides is 4. The van der Waals surface area contributed by atoms with Gasteiger partial charge in [-0.1, -0.05) is 137 Å². The van der Waals surface area contributed by atoms with E-state index in [1.807, 2.05) is 42.5 Å². The van der Waals surface area contributed by atoms with E-state index in [0.717, 1.165) is 44.6 Å². The summed E-state index contributed by atoms with van der Waals surface area (Å²) in [7, 11) is 3.25. The lowest BCUT2D eigenvalue weighted by Crippen LogP contribution is -2.65. The highest BCUT2D eigenvalue weighted by Gasteiger charge is 2.52. The lowest BCUT2D eigenvalue weighted by molar-refractivity contribution is -0.193. The molecule has 1 unspecified atom stereocenters. The monoisotopic (exact) mass is 924 g/mol. The zero-order chi connectivity index (χ0) is 47.5. The van der Waals surface area contributed by atoms with Gasteiger partial charge in [0.2, 0.25) is 11.8 Å². The van der Waals surface area contributed by atoms with Gasteiger partial charge in [-0.15, -0.1) is 0 Å². The number of carbonyl (C=O) groups is 5. The molecule has 0 aromatic heterocycles. The Bertz CT molecular complexity index is 2090. The van der Waals surface area contributed by atoms with Gasteiger partial charge in [0, 0.05) is 56.0 Å². The molecule has 1 heterocycles. The number of esters is 1. The van der Waals surface area contributed by atoms with Gasteiger partial charge in [0.1, 0.15) is 17.6 Å². The minimum absolute atomic E-state index is 0.255. The van der Waals surface area contributed by atoms with Crippen molar-refractivity contribution < 1.29 is 46.6 Å². The summed E-state index contributed by atoms with van der Waals surface area (Å²) in [4.78, 5) is 72.9. The van der Waals surface area contributed by atoms with E-state index in [1.54, 1.807) is 43.0 Å². The van der Waals surface area contributed by atoms with E-state index in [2.05, 4.69) is 17.4 Å². The molecule has 1 saturated carbocycles. The molecule has 1 aliphatic heterocycles. The summed E-state index contributed by atoms with van der Waals surface area (Å²) in [6.07, 6.45) is 4.92. The highest BCUT2D eigenvalue weighted by Crippen LogP contribution is 2.45. The zero-order valence-electron chi connectivity index (χ0n) is 38.4. The molecule has 15 heteroatoms. The Morgan fingerprint density at radius 3 is 1.89 bits per heavy atom. The summed E-state index contributed by atoms with van der Waals surface area (Å²) >= 11 is 7.01. The first-order valence-corrected chi connectivity index (χ1v) is 23.1. The van der Waals surface area contributed by atoms with Crippen LogP contribution in [0.3, 0.4) is 0 Å². The van der Waals surface area contributed by atoms with Crippen molar-refractivity contribution in [2.75, 3.05) is 40.9 Å². The summed E-state index contributed by atoms with van der Waals surface area (Å²) in [5.41, 5.74) is -0.906. The molecule has 11 nitrogen and oxygen atoms in total. The molecule has 4 atom stereocenters. The van der Waals surface area contributed by atoms with Gasteiger partial charge in [-0.2, -0.15) is 13.2 Å². The van der Waals surface area contributed by atoms with Crippen LogP contribution < -0.4 is 5.32 Å². The van der Waals surface area contributed by atoms with Crippen molar-refractivity contribution in [3.8, 4) is 0 Å². The highest BCUT2D eigenvalue weighted by atomic mass is 35.5. The van der Waals surface area contributed by atoms with Crippen molar-refractivity contribution in [3.05, 3.63) is 106 Å². The van der Waals surface area contributed by atoms with Gasteiger partial charge in [-0.3, -0.25) is 24.0 Å². The maximum Gasteiger partial charge on any atom is 0.471 e. The lowest BCUT2D eigenvalue weighted by Gasteiger charge is -2.42. The number of rotatable bonds is 16. The van der Waals surface area contributed by atoms with Gasteiger partial charge >= 0.3 is 18.1 Å². The third kappa shape index (κ3) is 11.9. The number of benzene rings is 3. The van der Waals surface area contributed by atoms with Crippen LogP contribution in [0.15, 0.2) is 78.9 Å². The molecule has 2 fully saturated rings. The largest absolute Gasteiger partial charge is 0.471 e. The van der Waals surface area contributed by atoms with Crippen molar-refractivity contribution in [2.45, 2.75) is 127 Å². The normalized spacial score (nSPS) is 17.9. The first-order chi connectivity index (χ1) is 30.9. The fraction of sp³-hybridized carbons (Fsp3) is 0.540. The average molecular weight is 926 g/mol. The Balaban J connectivity index is 1.52. The third-order valence-corrected chi connectivity index (χ3v) is 13.4. The molecule has 1 aliphatic carbocycles. The Kier molecular flexibility index (Phi) is 17.7. The van der Waals surface area contributed by atoms with Crippen molar-refractivity contribution >= 4 is 41.2 Å². The van der Waals surface area contributed by atoms with E-state index in [9.17, 15) is 37.1 Å². The van der Waals surface area contributed by atoms with Crippen molar-refractivity contribution in [3.63, 3.8) is 0 Å². The van der Waals surface area contributed by atoms with E-state index in [0.29, 0.717) is 53.6 Å². The van der Waals surface area contributed by atoms with Gasteiger partial charge < -0.3 is 29.5 Å². The number of hydrogen-bond acceptors (Lipinski definition) is 7. The number of methoxy groups -OCH3 is 1. The van der Waals surface area contributed by atoms with Gasteiger partial charge in [0.15, 0.2) is 5.60 Å². The van der Waals surface area contributed by atoms with Crippen LogP contribution in [-0.2, 0) is 39.0 Å². The first-order valence-electron chi connectivity index (χ1n) is 22.7. The molecular weight excluding hydrogens is 861 g/mol. The molecule has 1 saturated heterocycles. The van der Waals surface area contributed by atoms with Crippen molar-refractivity contribution in [1.29, 1.82) is 0 Å². The molecule has 5 rings (SSSR count). The number of nitrogens with one attached hydrogen (secondary N) is 1. The van der Waals surface area contributed by atoms with Crippen molar-refractivity contribution in [2.24, 2.45) is 5.92 Å². The molecule has 3 aromatic rings. The van der Waals surface area contributed by atoms with E-state index < -0.39 is 77.9 Å². The number of nitrogens with zero attached hydrogens (tertiary/aromatic N) is 3. The molecule has 2 aliphatic rings. The Morgan fingerprint density at radius 1 is 0.785 bits per heavy atom. The number of alkyl halides is 3. The first kappa shape index (κ1) is 51.0. The molecule has 4 amide bonds. The molecule has 0 bridgehead atoms. The summed E-state index contributed by atoms with van der Waals surface area (Å²) in [5.74, 6) is -5.77. The maximum absolute atomic E-state index is 14.8. The lowest BCUT2D eigenvalue weighted by atomic mass is 9.78. The summed E-state index contributed by atoms with van der Waals surface area (Å²) < 4.78 is 52.8. The number of carbonyl (C=O) groups excluding carboxylic acids is 5. The summed E-state index contributed by atoms with van der Waals surface area (Å²) in [6, 6.07) is 21.6. The SMILES string of the molecule is COC[C@@](C)(C(=O)N(C)[C@H](C(=O)N[C@@H](CC(=O)OC(c1ccccc1)(c1ccc(C2CCCCCCCC2)cc1)c1ccccc1Cl)C(=O)N1CCCC1)C(C)C)N(C)C(=O)C(F)(F)F. The number of likely N-dealkylation sites (tertiary alicyclic amines) is 1. The minimum atomic E-state index is -5.30. The van der Waals surface area contributed by atoms with E-state index in [1.165, 1.54) is 45.4 Å². The topological polar surface area (TPSA) is 126 Å². The van der Waals surface area contributed by atoms with Gasteiger partial charge in [0.05, 0.1) is 13.0 Å². The number of halogens is 4. The number of hydrogen-bond donors (Lipinski definition) is 1.